The molecule has 0 fully saturated rings. The molecule has 0 saturated carbocycles. The molecule has 0 spiro atoms. The van der Waals surface area contributed by atoms with Crippen LogP contribution in [0.1, 0.15) is 19.4 Å². The van der Waals surface area contributed by atoms with Crippen molar-refractivity contribution in [3.05, 3.63) is 35.0 Å². The first-order chi connectivity index (χ1) is 9.35. The lowest BCUT2D eigenvalue weighted by Gasteiger charge is -2.20. The number of fused-ring (bicyclic) bond motifs is 1. The lowest BCUT2D eigenvalue weighted by atomic mass is 9.94. The first kappa shape index (κ1) is 14.9. The number of carboxylic acid groups (broad SMARTS) is 1. The molecule has 0 aliphatic rings. The second-order valence-electron chi connectivity index (χ2n) is 5.66. The van der Waals surface area contributed by atoms with Crippen molar-refractivity contribution in [3.8, 4) is 0 Å². The van der Waals surface area contributed by atoms with E-state index in [4.69, 9.17) is 11.6 Å². The van der Waals surface area contributed by atoms with Gasteiger partial charge in [0.05, 0.1) is 5.41 Å². The van der Waals surface area contributed by atoms with Gasteiger partial charge in [0.1, 0.15) is 0 Å². The Kier molecular flexibility index (Phi) is 4.06. The summed E-state index contributed by atoms with van der Waals surface area (Å²) in [6, 6.07) is 5.72. The number of benzene rings is 1. The fourth-order valence-corrected chi connectivity index (χ4v) is 2.46. The Balaban J connectivity index is 2.52. The molecular weight excluding hydrogens is 276 g/mol. The van der Waals surface area contributed by atoms with E-state index < -0.39 is 11.4 Å². The highest BCUT2D eigenvalue weighted by Gasteiger charge is 2.28. The van der Waals surface area contributed by atoms with E-state index in [-0.39, 0.29) is 0 Å². The highest BCUT2D eigenvalue weighted by atomic mass is 35.5. The third kappa shape index (κ3) is 2.81. The van der Waals surface area contributed by atoms with E-state index in [1.807, 2.05) is 36.0 Å². The maximum Gasteiger partial charge on any atom is 0.310 e. The van der Waals surface area contributed by atoms with Gasteiger partial charge < -0.3 is 15.0 Å². The molecule has 0 saturated heterocycles. The Hall–Kier alpha value is -1.52. The highest BCUT2D eigenvalue weighted by Crippen LogP contribution is 2.28. The Morgan fingerprint density at radius 2 is 2.15 bits per heavy atom. The molecule has 1 heterocycles. The van der Waals surface area contributed by atoms with E-state index in [1.165, 1.54) is 0 Å². The zero-order valence-electron chi connectivity index (χ0n) is 11.9. The van der Waals surface area contributed by atoms with Crippen LogP contribution in [0.3, 0.4) is 0 Å². The van der Waals surface area contributed by atoms with Crippen LogP contribution < -0.4 is 5.32 Å². The summed E-state index contributed by atoms with van der Waals surface area (Å²) >= 11 is 6.07. The summed E-state index contributed by atoms with van der Waals surface area (Å²) in [5, 5.41) is 14.2. The van der Waals surface area contributed by atoms with Crippen molar-refractivity contribution in [1.29, 1.82) is 0 Å². The predicted molar refractivity (Wildman–Crippen MR) is 81.1 cm³/mol. The average Bonchev–Trinajstić information content (AvgIpc) is 2.67. The molecule has 1 aromatic carbocycles. The molecule has 0 bridgehead atoms. The van der Waals surface area contributed by atoms with Gasteiger partial charge in [0.15, 0.2) is 0 Å². The lowest BCUT2D eigenvalue weighted by Crippen LogP contribution is -2.28. The van der Waals surface area contributed by atoms with Crippen LogP contribution in [0.15, 0.2) is 24.4 Å². The van der Waals surface area contributed by atoms with E-state index in [2.05, 4.69) is 5.32 Å². The van der Waals surface area contributed by atoms with E-state index >= 15 is 0 Å². The molecule has 0 aliphatic heterocycles. The van der Waals surface area contributed by atoms with Crippen molar-refractivity contribution >= 4 is 28.5 Å². The summed E-state index contributed by atoms with van der Waals surface area (Å²) in [5.41, 5.74) is 1.28. The fraction of sp³-hybridized carbons (Fsp3) is 0.400. The van der Waals surface area contributed by atoms with Gasteiger partial charge in [0.2, 0.25) is 0 Å². The zero-order chi connectivity index (χ0) is 14.9. The standard InChI is InChI=1S/C15H19ClN2O2/c1-15(2,14(19)20)9-18-8-10(7-17-3)12-5-4-11(16)6-13(12)18/h4-6,8,17H,7,9H2,1-3H3,(H,19,20). The molecule has 0 amide bonds. The van der Waals surface area contributed by atoms with Crippen molar-refractivity contribution in [3.63, 3.8) is 0 Å². The van der Waals surface area contributed by atoms with Crippen LogP contribution in [-0.2, 0) is 17.9 Å². The number of rotatable bonds is 5. The maximum atomic E-state index is 11.3. The van der Waals surface area contributed by atoms with Crippen LogP contribution in [0.5, 0.6) is 0 Å². The largest absolute Gasteiger partial charge is 0.481 e. The smallest absolute Gasteiger partial charge is 0.310 e. The van der Waals surface area contributed by atoms with Gasteiger partial charge in [-0.05, 0) is 38.6 Å². The number of halogens is 1. The van der Waals surface area contributed by atoms with Crippen molar-refractivity contribution in [1.82, 2.24) is 9.88 Å². The van der Waals surface area contributed by atoms with E-state index in [1.54, 1.807) is 13.8 Å². The maximum absolute atomic E-state index is 11.3. The second kappa shape index (κ2) is 5.46. The molecule has 4 nitrogen and oxygen atoms in total. The van der Waals surface area contributed by atoms with Crippen molar-refractivity contribution in [2.75, 3.05) is 7.05 Å². The van der Waals surface area contributed by atoms with Gasteiger partial charge in [0.25, 0.3) is 0 Å². The van der Waals surface area contributed by atoms with E-state index in [0.717, 1.165) is 23.0 Å². The minimum absolute atomic E-state index is 0.406. The molecule has 2 rings (SSSR count). The Bertz CT molecular complexity index is 647. The second-order valence-corrected chi connectivity index (χ2v) is 6.10. The summed E-state index contributed by atoms with van der Waals surface area (Å²) in [4.78, 5) is 11.3. The molecule has 1 aromatic heterocycles. The van der Waals surface area contributed by atoms with E-state index in [0.29, 0.717) is 11.6 Å². The average molecular weight is 295 g/mol. The molecule has 108 valence electrons. The van der Waals surface area contributed by atoms with E-state index in [9.17, 15) is 9.90 Å². The van der Waals surface area contributed by atoms with Crippen LogP contribution in [0.2, 0.25) is 5.02 Å². The third-order valence-electron chi connectivity index (χ3n) is 3.44. The van der Waals surface area contributed by atoms with Gasteiger partial charge >= 0.3 is 5.97 Å². The summed E-state index contributed by atoms with van der Waals surface area (Å²) in [6.07, 6.45) is 2.00. The molecule has 20 heavy (non-hydrogen) atoms. The number of aromatic nitrogens is 1. The topological polar surface area (TPSA) is 54.3 Å². The van der Waals surface area contributed by atoms with Crippen LogP contribution in [-0.4, -0.2) is 22.7 Å². The number of hydrogen-bond donors (Lipinski definition) is 2. The Morgan fingerprint density at radius 3 is 2.75 bits per heavy atom. The number of nitrogens with zero attached hydrogens (tertiary/aromatic N) is 1. The van der Waals surface area contributed by atoms with Gasteiger partial charge in [-0.25, -0.2) is 0 Å². The predicted octanol–water partition coefficient (Wildman–Crippen LogP) is 3.12. The van der Waals surface area contributed by atoms with Crippen LogP contribution in [0, 0.1) is 5.41 Å². The van der Waals surface area contributed by atoms with Crippen molar-refractivity contribution < 1.29 is 9.90 Å². The first-order valence-corrected chi connectivity index (χ1v) is 6.88. The first-order valence-electron chi connectivity index (χ1n) is 6.50. The Labute approximate surface area is 123 Å². The highest BCUT2D eigenvalue weighted by molar-refractivity contribution is 6.31. The molecular formula is C15H19ClN2O2. The molecule has 2 aromatic rings. The molecule has 0 atom stereocenters. The number of carbonyl (C=O) groups is 1. The summed E-state index contributed by atoms with van der Waals surface area (Å²) in [5.74, 6) is -0.809. The van der Waals surface area contributed by atoms with Crippen LogP contribution in [0.4, 0.5) is 0 Å². The molecule has 2 N–H and O–H groups in total. The van der Waals surface area contributed by atoms with Gasteiger partial charge in [-0.15, -0.1) is 0 Å². The SMILES string of the molecule is CNCc1cn(CC(C)(C)C(=O)O)c2cc(Cl)ccc12. The molecule has 0 radical (unpaired) electrons. The summed E-state index contributed by atoms with van der Waals surface area (Å²) in [7, 11) is 1.89. The minimum Gasteiger partial charge on any atom is -0.481 e. The Morgan fingerprint density at radius 1 is 1.45 bits per heavy atom. The van der Waals surface area contributed by atoms with Gasteiger partial charge in [0, 0.05) is 35.2 Å². The summed E-state index contributed by atoms with van der Waals surface area (Å²) in [6.45, 7) is 4.59. The van der Waals surface area contributed by atoms with Crippen LogP contribution in [0.25, 0.3) is 10.9 Å². The molecule has 5 heteroatoms. The minimum atomic E-state index is -0.828. The van der Waals surface area contributed by atoms with Gasteiger partial charge in [-0.1, -0.05) is 17.7 Å². The lowest BCUT2D eigenvalue weighted by molar-refractivity contribution is -0.147. The number of nitrogens with one attached hydrogen (secondary N) is 1. The van der Waals surface area contributed by atoms with Crippen molar-refractivity contribution in [2.45, 2.75) is 26.9 Å². The number of carboxylic acids is 1. The molecule has 0 unspecified atom stereocenters. The molecule has 0 aliphatic carbocycles. The summed E-state index contributed by atoms with van der Waals surface area (Å²) < 4.78 is 1.97. The quantitative estimate of drug-likeness (QED) is 0.891. The monoisotopic (exact) mass is 294 g/mol. The van der Waals surface area contributed by atoms with Gasteiger partial charge in [-0.2, -0.15) is 0 Å². The normalized spacial score (nSPS) is 12.0. The fourth-order valence-electron chi connectivity index (χ4n) is 2.30. The number of aliphatic carboxylic acids is 1. The van der Waals surface area contributed by atoms with Gasteiger partial charge in [-0.3, -0.25) is 4.79 Å². The zero-order valence-corrected chi connectivity index (χ0v) is 12.7. The number of hydrogen-bond acceptors (Lipinski definition) is 2. The van der Waals surface area contributed by atoms with Crippen LogP contribution >= 0.6 is 11.6 Å². The van der Waals surface area contributed by atoms with Crippen molar-refractivity contribution in [2.24, 2.45) is 5.41 Å². The third-order valence-corrected chi connectivity index (χ3v) is 3.67.